The Labute approximate surface area is 190 Å². The highest BCUT2D eigenvalue weighted by molar-refractivity contribution is 9.10. The third kappa shape index (κ3) is 4.72. The molecule has 0 saturated heterocycles. The van der Waals surface area contributed by atoms with Crippen molar-refractivity contribution in [2.24, 2.45) is 0 Å². The number of H-pyrrole nitrogens is 1. The number of benzene rings is 2. The van der Waals surface area contributed by atoms with E-state index in [1.54, 1.807) is 25.1 Å². The van der Waals surface area contributed by atoms with Crippen molar-refractivity contribution in [3.05, 3.63) is 80.9 Å². The summed E-state index contributed by atoms with van der Waals surface area (Å²) in [6.45, 7) is 2.16. The summed E-state index contributed by atoms with van der Waals surface area (Å²) in [4.78, 5) is 31.0. The predicted molar refractivity (Wildman–Crippen MR) is 117 cm³/mol. The number of rotatable bonds is 7. The van der Waals surface area contributed by atoms with Gasteiger partial charge in [0, 0.05) is 16.2 Å². The molecule has 4 aromatic rings. The highest BCUT2D eigenvalue weighted by Gasteiger charge is 2.15. The molecule has 2 heterocycles. The third-order valence-corrected chi connectivity index (χ3v) is 4.90. The molecule has 10 nitrogen and oxygen atoms in total. The number of hydrogen-bond donors (Lipinski definition) is 1. The number of tetrazole rings is 1. The van der Waals surface area contributed by atoms with Gasteiger partial charge in [0.15, 0.2) is 0 Å². The van der Waals surface area contributed by atoms with Gasteiger partial charge in [-0.05, 0) is 53.2 Å². The molecule has 0 saturated carbocycles. The maximum Gasteiger partial charge on any atom is 0.345 e. The van der Waals surface area contributed by atoms with Crippen LogP contribution < -0.4 is 10.3 Å². The average Bonchev–Trinajstić information content (AvgIpc) is 3.32. The topological polar surface area (TPSA) is 125 Å². The first-order valence-electron chi connectivity index (χ1n) is 9.56. The Bertz CT molecular complexity index is 1310. The molecule has 2 aromatic heterocycles. The van der Waals surface area contributed by atoms with Crippen molar-refractivity contribution in [3.8, 4) is 22.8 Å². The molecule has 4 rings (SSSR count). The van der Waals surface area contributed by atoms with Gasteiger partial charge in [-0.2, -0.15) is 4.68 Å². The molecule has 0 unspecified atom stereocenters. The van der Waals surface area contributed by atoms with E-state index in [-0.39, 0.29) is 18.0 Å². The molecule has 0 aliphatic heterocycles. The Hall–Kier alpha value is -3.86. The molecule has 1 N–H and O–H groups in total. The molecule has 2 aromatic carbocycles. The number of hydrogen-bond acceptors (Lipinski definition) is 8. The van der Waals surface area contributed by atoms with Gasteiger partial charge in [-0.1, -0.05) is 28.1 Å². The fourth-order valence-electron chi connectivity index (χ4n) is 2.92. The van der Waals surface area contributed by atoms with Crippen molar-refractivity contribution in [1.29, 1.82) is 0 Å². The molecule has 162 valence electrons. The Morgan fingerprint density at radius 2 is 2.09 bits per heavy atom. The van der Waals surface area contributed by atoms with Crippen LogP contribution in [0.5, 0.6) is 5.75 Å². The number of ether oxygens (including phenoxy) is 2. The van der Waals surface area contributed by atoms with E-state index < -0.39 is 11.5 Å². The largest absolute Gasteiger partial charge is 0.487 e. The summed E-state index contributed by atoms with van der Waals surface area (Å²) < 4.78 is 13.3. The maximum absolute atomic E-state index is 12.3. The molecule has 11 heteroatoms. The minimum atomic E-state index is -0.724. The van der Waals surface area contributed by atoms with Crippen LogP contribution in [-0.4, -0.2) is 42.8 Å². The zero-order valence-corrected chi connectivity index (χ0v) is 18.4. The van der Waals surface area contributed by atoms with Gasteiger partial charge in [-0.3, -0.25) is 4.79 Å². The number of nitrogens with one attached hydrogen (secondary N) is 1. The van der Waals surface area contributed by atoms with Crippen molar-refractivity contribution in [3.63, 3.8) is 0 Å². The van der Waals surface area contributed by atoms with E-state index >= 15 is 0 Å². The summed E-state index contributed by atoms with van der Waals surface area (Å²) in [5, 5.41) is 11.3. The normalized spacial score (nSPS) is 10.7. The summed E-state index contributed by atoms with van der Waals surface area (Å²) in [6, 6.07) is 13.0. The zero-order valence-electron chi connectivity index (χ0n) is 16.9. The van der Waals surface area contributed by atoms with E-state index in [1.807, 2.05) is 24.3 Å². The van der Waals surface area contributed by atoms with E-state index in [0.717, 1.165) is 10.0 Å². The van der Waals surface area contributed by atoms with Crippen LogP contribution in [0.1, 0.15) is 22.8 Å². The minimum Gasteiger partial charge on any atom is -0.487 e. The summed E-state index contributed by atoms with van der Waals surface area (Å²) >= 11 is 3.45. The molecule has 0 fully saturated rings. The predicted octanol–water partition coefficient (Wildman–Crippen LogP) is 2.93. The average molecular weight is 497 g/mol. The Kier molecular flexibility index (Phi) is 6.36. The van der Waals surface area contributed by atoms with Crippen LogP contribution in [0.15, 0.2) is 64.3 Å². The Morgan fingerprint density at radius 1 is 1.22 bits per heavy atom. The molecular formula is C21H17BrN6O4. The summed E-state index contributed by atoms with van der Waals surface area (Å²) in [7, 11) is 0. The molecule has 0 aliphatic carbocycles. The van der Waals surface area contributed by atoms with Gasteiger partial charge < -0.3 is 14.5 Å². The third-order valence-electron chi connectivity index (χ3n) is 4.41. The lowest BCUT2D eigenvalue weighted by Crippen LogP contribution is -2.21. The second-order valence-corrected chi connectivity index (χ2v) is 7.47. The summed E-state index contributed by atoms with van der Waals surface area (Å²) in [5.74, 6) is 0.0842. The molecular weight excluding hydrogens is 480 g/mol. The Balaban J connectivity index is 1.66. The van der Waals surface area contributed by atoms with Crippen molar-refractivity contribution in [1.82, 2.24) is 30.2 Å². The minimum absolute atomic E-state index is 0.162. The van der Waals surface area contributed by atoms with Crippen LogP contribution in [0.3, 0.4) is 0 Å². The first kappa shape index (κ1) is 21.4. The Morgan fingerprint density at radius 3 is 2.81 bits per heavy atom. The molecule has 0 atom stereocenters. The summed E-state index contributed by atoms with van der Waals surface area (Å²) in [5.41, 5.74) is 1.36. The van der Waals surface area contributed by atoms with E-state index in [4.69, 9.17) is 9.47 Å². The number of esters is 1. The molecule has 32 heavy (non-hydrogen) atoms. The van der Waals surface area contributed by atoms with Gasteiger partial charge in [0.2, 0.25) is 0 Å². The lowest BCUT2D eigenvalue weighted by molar-refractivity contribution is 0.0523. The zero-order chi connectivity index (χ0) is 22.5. The summed E-state index contributed by atoms with van der Waals surface area (Å²) in [6.07, 6.45) is 2.63. The smallest absolute Gasteiger partial charge is 0.345 e. The number of aromatic amines is 1. The fraction of sp³-hybridized carbons (Fsp3) is 0.143. The molecule has 0 spiro atoms. The number of halogens is 1. The lowest BCUT2D eigenvalue weighted by Gasteiger charge is -2.13. The van der Waals surface area contributed by atoms with Crippen LogP contribution in [-0.2, 0) is 11.3 Å². The van der Waals surface area contributed by atoms with Crippen LogP contribution in [0, 0.1) is 0 Å². The van der Waals surface area contributed by atoms with E-state index in [1.165, 1.54) is 17.2 Å². The van der Waals surface area contributed by atoms with Crippen molar-refractivity contribution < 1.29 is 14.3 Å². The monoisotopic (exact) mass is 496 g/mol. The van der Waals surface area contributed by atoms with Crippen LogP contribution in [0.2, 0.25) is 0 Å². The maximum atomic E-state index is 12.3. The number of aromatic nitrogens is 6. The van der Waals surface area contributed by atoms with Crippen LogP contribution in [0.25, 0.3) is 17.1 Å². The number of carbonyl (C=O) groups excluding carboxylic acids is 1. The van der Waals surface area contributed by atoms with Gasteiger partial charge in [0.1, 0.15) is 35.8 Å². The first-order chi connectivity index (χ1) is 15.5. The highest BCUT2D eigenvalue weighted by Crippen LogP contribution is 2.28. The van der Waals surface area contributed by atoms with Gasteiger partial charge in [-0.15, -0.1) is 5.10 Å². The van der Waals surface area contributed by atoms with E-state index in [9.17, 15) is 9.59 Å². The standard InChI is InChI=1S/C21H17BrN6O4/c1-2-31-21(30)16-10-23-19(25-20(16)29)14-6-7-18(17(9-14)28-12-24-26-27-28)32-11-13-4-3-5-15(22)8-13/h3-10,12H,2,11H2,1H3,(H,23,25,29). The second-order valence-electron chi connectivity index (χ2n) is 6.55. The molecule has 0 bridgehead atoms. The number of carbonyl (C=O) groups is 1. The van der Waals surface area contributed by atoms with Gasteiger partial charge >= 0.3 is 5.97 Å². The number of nitrogens with zero attached hydrogens (tertiary/aromatic N) is 5. The lowest BCUT2D eigenvalue weighted by atomic mass is 10.1. The van der Waals surface area contributed by atoms with Gasteiger partial charge in [0.25, 0.3) is 5.56 Å². The molecule has 0 aliphatic rings. The molecule has 0 radical (unpaired) electrons. The van der Waals surface area contributed by atoms with Crippen molar-refractivity contribution in [2.75, 3.05) is 6.61 Å². The van der Waals surface area contributed by atoms with Gasteiger partial charge in [0.05, 0.1) is 6.61 Å². The van der Waals surface area contributed by atoms with E-state index in [0.29, 0.717) is 23.6 Å². The SMILES string of the molecule is CCOC(=O)c1cnc(-c2ccc(OCc3cccc(Br)c3)c(-n3cnnn3)c2)[nH]c1=O. The van der Waals surface area contributed by atoms with Crippen LogP contribution in [0.4, 0.5) is 0 Å². The van der Waals surface area contributed by atoms with Gasteiger partial charge in [-0.25, -0.2) is 9.78 Å². The first-order valence-corrected chi connectivity index (χ1v) is 10.4. The van der Waals surface area contributed by atoms with Crippen LogP contribution >= 0.6 is 15.9 Å². The van der Waals surface area contributed by atoms with Crippen molar-refractivity contribution in [2.45, 2.75) is 13.5 Å². The quantitative estimate of drug-likeness (QED) is 0.387. The highest BCUT2D eigenvalue weighted by atomic mass is 79.9. The fourth-order valence-corrected chi connectivity index (χ4v) is 3.37. The second kappa shape index (κ2) is 9.52. The molecule has 0 amide bonds. The van der Waals surface area contributed by atoms with E-state index in [2.05, 4.69) is 41.4 Å². The van der Waals surface area contributed by atoms with Crippen molar-refractivity contribution >= 4 is 21.9 Å².